The molecule has 1 aromatic rings. The molecule has 1 N–H and O–H groups in total. The van der Waals surface area contributed by atoms with Crippen LogP contribution >= 0.6 is 0 Å². The Bertz CT molecular complexity index is 337. The zero-order valence-electron chi connectivity index (χ0n) is 9.66. The first-order valence-corrected chi connectivity index (χ1v) is 5.84. The van der Waals surface area contributed by atoms with Crippen molar-refractivity contribution in [2.45, 2.75) is 45.1 Å². The number of hydrogen-bond donors (Lipinski definition) is 1. The summed E-state index contributed by atoms with van der Waals surface area (Å²) in [5, 5.41) is 10.3. The first-order valence-electron chi connectivity index (χ1n) is 5.84. The van der Waals surface area contributed by atoms with Crippen LogP contribution in [0.2, 0.25) is 0 Å². The highest BCUT2D eigenvalue weighted by Gasteiger charge is 2.31. The van der Waals surface area contributed by atoms with Crippen molar-refractivity contribution in [2.24, 2.45) is 5.92 Å². The minimum Gasteiger partial charge on any atom is -0.390 e. The van der Waals surface area contributed by atoms with Crippen molar-refractivity contribution in [3.05, 3.63) is 35.4 Å². The van der Waals surface area contributed by atoms with Crippen LogP contribution in [0.4, 0.5) is 0 Å². The van der Waals surface area contributed by atoms with E-state index in [0.717, 1.165) is 18.8 Å². The third-order valence-electron chi connectivity index (χ3n) is 3.26. The van der Waals surface area contributed by atoms with Gasteiger partial charge in [-0.3, -0.25) is 0 Å². The zero-order valence-corrected chi connectivity index (χ0v) is 9.66. The highest BCUT2D eigenvalue weighted by molar-refractivity contribution is 5.26. The standard InChI is InChI=1S/C14H20O/c1-11-5-3-4-6-13(11)10-14(2,15)9-12-7-8-12/h3-6,12,15H,7-10H2,1-2H3. The van der Waals surface area contributed by atoms with Gasteiger partial charge in [0.2, 0.25) is 0 Å². The van der Waals surface area contributed by atoms with Crippen LogP contribution < -0.4 is 0 Å². The van der Waals surface area contributed by atoms with E-state index in [1.165, 1.54) is 24.0 Å². The van der Waals surface area contributed by atoms with E-state index in [2.05, 4.69) is 31.2 Å². The molecule has 1 unspecified atom stereocenters. The van der Waals surface area contributed by atoms with Crippen LogP contribution in [0.1, 0.15) is 37.3 Å². The van der Waals surface area contributed by atoms with Gasteiger partial charge < -0.3 is 5.11 Å². The topological polar surface area (TPSA) is 20.2 Å². The second-order valence-electron chi connectivity index (χ2n) is 5.25. The Morgan fingerprint density at radius 2 is 2.00 bits per heavy atom. The number of benzene rings is 1. The smallest absolute Gasteiger partial charge is 0.0662 e. The molecule has 1 aliphatic rings. The van der Waals surface area contributed by atoms with Crippen molar-refractivity contribution in [1.29, 1.82) is 0 Å². The second-order valence-corrected chi connectivity index (χ2v) is 5.25. The van der Waals surface area contributed by atoms with Crippen LogP contribution in [0, 0.1) is 12.8 Å². The summed E-state index contributed by atoms with van der Waals surface area (Å²) in [5.74, 6) is 0.781. The van der Waals surface area contributed by atoms with Gasteiger partial charge in [0.1, 0.15) is 0 Å². The Morgan fingerprint density at radius 1 is 1.33 bits per heavy atom. The van der Waals surface area contributed by atoms with E-state index < -0.39 is 5.60 Å². The number of hydrogen-bond acceptors (Lipinski definition) is 1. The zero-order chi connectivity index (χ0) is 10.9. The van der Waals surface area contributed by atoms with Crippen LogP contribution in [-0.4, -0.2) is 10.7 Å². The highest BCUT2D eigenvalue weighted by Crippen LogP contribution is 2.37. The number of aliphatic hydroxyl groups is 1. The summed E-state index contributed by atoms with van der Waals surface area (Å²) >= 11 is 0. The molecule has 1 fully saturated rings. The highest BCUT2D eigenvalue weighted by atomic mass is 16.3. The third-order valence-corrected chi connectivity index (χ3v) is 3.26. The van der Waals surface area contributed by atoms with Gasteiger partial charge in [-0.25, -0.2) is 0 Å². The van der Waals surface area contributed by atoms with Crippen LogP contribution in [0.3, 0.4) is 0 Å². The molecule has 1 aromatic carbocycles. The van der Waals surface area contributed by atoms with Gasteiger partial charge in [0.05, 0.1) is 5.60 Å². The maximum atomic E-state index is 10.3. The Labute approximate surface area is 92.1 Å². The molecule has 0 saturated heterocycles. The lowest BCUT2D eigenvalue weighted by molar-refractivity contribution is 0.0453. The van der Waals surface area contributed by atoms with Crippen molar-refractivity contribution >= 4 is 0 Å². The lowest BCUT2D eigenvalue weighted by atomic mass is 9.89. The molecule has 82 valence electrons. The fraction of sp³-hybridized carbons (Fsp3) is 0.571. The summed E-state index contributed by atoms with van der Waals surface area (Å²) in [6.45, 7) is 4.08. The lowest BCUT2D eigenvalue weighted by Crippen LogP contribution is -2.28. The van der Waals surface area contributed by atoms with Gasteiger partial charge in [-0.05, 0) is 37.3 Å². The van der Waals surface area contributed by atoms with E-state index in [0.29, 0.717) is 0 Å². The van der Waals surface area contributed by atoms with Gasteiger partial charge in [0.15, 0.2) is 0 Å². The molecule has 1 heteroatoms. The van der Waals surface area contributed by atoms with E-state index in [-0.39, 0.29) is 0 Å². The monoisotopic (exact) mass is 204 g/mol. The maximum Gasteiger partial charge on any atom is 0.0662 e. The Kier molecular flexibility index (Phi) is 2.83. The second kappa shape index (κ2) is 3.97. The van der Waals surface area contributed by atoms with Crippen molar-refractivity contribution in [3.8, 4) is 0 Å². The molecule has 15 heavy (non-hydrogen) atoms. The number of rotatable bonds is 4. The van der Waals surface area contributed by atoms with Crippen molar-refractivity contribution in [3.63, 3.8) is 0 Å². The summed E-state index contributed by atoms with van der Waals surface area (Å²) in [4.78, 5) is 0. The normalized spacial score (nSPS) is 19.9. The van der Waals surface area contributed by atoms with Crippen LogP contribution in [-0.2, 0) is 6.42 Å². The van der Waals surface area contributed by atoms with E-state index >= 15 is 0 Å². The lowest BCUT2D eigenvalue weighted by Gasteiger charge is -2.24. The van der Waals surface area contributed by atoms with Crippen LogP contribution in [0.15, 0.2) is 24.3 Å². The molecule has 1 aliphatic carbocycles. The molecule has 0 heterocycles. The molecular formula is C14H20O. The fourth-order valence-corrected chi connectivity index (χ4v) is 2.23. The summed E-state index contributed by atoms with van der Waals surface area (Å²) in [6, 6.07) is 8.34. The van der Waals surface area contributed by atoms with Gasteiger partial charge in [-0.15, -0.1) is 0 Å². The average molecular weight is 204 g/mol. The molecule has 1 atom stereocenters. The van der Waals surface area contributed by atoms with E-state index in [4.69, 9.17) is 0 Å². The Balaban J connectivity index is 2.03. The van der Waals surface area contributed by atoms with E-state index in [1.54, 1.807) is 0 Å². The molecule has 0 radical (unpaired) electrons. The molecule has 0 amide bonds. The van der Waals surface area contributed by atoms with Gasteiger partial charge in [0.25, 0.3) is 0 Å². The van der Waals surface area contributed by atoms with Crippen molar-refractivity contribution < 1.29 is 5.11 Å². The quantitative estimate of drug-likeness (QED) is 0.799. The van der Waals surface area contributed by atoms with Crippen molar-refractivity contribution in [1.82, 2.24) is 0 Å². The predicted octanol–water partition coefficient (Wildman–Crippen LogP) is 3.09. The molecule has 1 nitrogen and oxygen atoms in total. The minimum atomic E-state index is -0.521. The maximum absolute atomic E-state index is 10.3. The molecule has 0 spiro atoms. The number of aryl methyl sites for hydroxylation is 1. The molecular weight excluding hydrogens is 184 g/mol. The molecule has 0 aliphatic heterocycles. The van der Waals surface area contributed by atoms with Gasteiger partial charge in [-0.1, -0.05) is 37.1 Å². The largest absolute Gasteiger partial charge is 0.390 e. The average Bonchev–Trinajstić information content (AvgIpc) is 2.91. The Hall–Kier alpha value is -0.820. The first kappa shape index (κ1) is 10.7. The first-order chi connectivity index (χ1) is 7.07. The van der Waals surface area contributed by atoms with Gasteiger partial charge in [0, 0.05) is 6.42 Å². The van der Waals surface area contributed by atoms with Crippen LogP contribution in [0.5, 0.6) is 0 Å². The summed E-state index contributed by atoms with van der Waals surface area (Å²) in [7, 11) is 0. The SMILES string of the molecule is Cc1ccccc1CC(C)(O)CC1CC1. The molecule has 1 saturated carbocycles. The third kappa shape index (κ3) is 3.07. The predicted molar refractivity (Wildman–Crippen MR) is 62.8 cm³/mol. The van der Waals surface area contributed by atoms with Crippen molar-refractivity contribution in [2.75, 3.05) is 0 Å². The summed E-state index contributed by atoms with van der Waals surface area (Å²) in [6.07, 6.45) is 4.37. The van der Waals surface area contributed by atoms with E-state index in [9.17, 15) is 5.11 Å². The summed E-state index contributed by atoms with van der Waals surface area (Å²) < 4.78 is 0. The molecule has 2 rings (SSSR count). The Morgan fingerprint density at radius 3 is 2.60 bits per heavy atom. The fourth-order valence-electron chi connectivity index (χ4n) is 2.23. The van der Waals surface area contributed by atoms with Gasteiger partial charge >= 0.3 is 0 Å². The summed E-state index contributed by atoms with van der Waals surface area (Å²) in [5.41, 5.74) is 2.05. The van der Waals surface area contributed by atoms with E-state index in [1.807, 2.05) is 6.92 Å². The van der Waals surface area contributed by atoms with Gasteiger partial charge in [-0.2, -0.15) is 0 Å². The molecule has 0 bridgehead atoms. The van der Waals surface area contributed by atoms with Crippen LogP contribution in [0.25, 0.3) is 0 Å². The minimum absolute atomic E-state index is 0.521. The molecule has 0 aromatic heterocycles.